The predicted octanol–water partition coefficient (Wildman–Crippen LogP) is 4.75. The number of carbonyl (C=O) groups excluding carboxylic acids is 1. The van der Waals surface area contributed by atoms with Crippen molar-refractivity contribution in [1.82, 2.24) is 9.78 Å². The SMILES string of the molecule is CCOC(=O)c1cc(-c2ccc(CC(C)(C)C(F)(F)F)cc2C#N)n(CC)n1. The van der Waals surface area contributed by atoms with Gasteiger partial charge in [0, 0.05) is 12.1 Å². The van der Waals surface area contributed by atoms with Crippen LogP contribution in [0.25, 0.3) is 11.3 Å². The van der Waals surface area contributed by atoms with E-state index in [0.717, 1.165) is 13.8 Å². The first-order chi connectivity index (χ1) is 13.0. The van der Waals surface area contributed by atoms with Crippen LogP contribution < -0.4 is 0 Å². The minimum Gasteiger partial charge on any atom is -0.461 e. The Labute approximate surface area is 161 Å². The first-order valence-corrected chi connectivity index (χ1v) is 8.89. The van der Waals surface area contributed by atoms with E-state index in [-0.39, 0.29) is 24.3 Å². The Morgan fingerprint density at radius 3 is 2.46 bits per heavy atom. The summed E-state index contributed by atoms with van der Waals surface area (Å²) in [4.78, 5) is 11.9. The quantitative estimate of drug-likeness (QED) is 0.664. The molecular formula is C20H22F3N3O2. The molecule has 0 aliphatic heterocycles. The summed E-state index contributed by atoms with van der Waals surface area (Å²) >= 11 is 0. The lowest BCUT2D eigenvalue weighted by molar-refractivity contribution is -0.211. The molecule has 0 bridgehead atoms. The summed E-state index contributed by atoms with van der Waals surface area (Å²) in [6, 6.07) is 8.18. The zero-order valence-electron chi connectivity index (χ0n) is 16.2. The van der Waals surface area contributed by atoms with E-state index in [1.807, 2.05) is 13.0 Å². The van der Waals surface area contributed by atoms with Gasteiger partial charge in [-0.25, -0.2) is 4.79 Å². The van der Waals surface area contributed by atoms with Gasteiger partial charge in [0.05, 0.1) is 29.3 Å². The summed E-state index contributed by atoms with van der Waals surface area (Å²) in [5.41, 5.74) is -0.130. The second kappa shape index (κ2) is 8.05. The van der Waals surface area contributed by atoms with Crippen LogP contribution in [0.2, 0.25) is 0 Å². The van der Waals surface area contributed by atoms with Crippen LogP contribution in [0.15, 0.2) is 24.3 Å². The summed E-state index contributed by atoms with van der Waals surface area (Å²) < 4.78 is 46.0. The van der Waals surface area contributed by atoms with Crippen LogP contribution in [-0.2, 0) is 17.7 Å². The highest BCUT2D eigenvalue weighted by molar-refractivity contribution is 5.89. The van der Waals surface area contributed by atoms with E-state index in [1.54, 1.807) is 23.7 Å². The molecule has 1 heterocycles. The number of carbonyl (C=O) groups is 1. The summed E-state index contributed by atoms with van der Waals surface area (Å²) in [7, 11) is 0. The molecule has 150 valence electrons. The maximum atomic E-state index is 13.2. The van der Waals surface area contributed by atoms with Crippen LogP contribution in [0, 0.1) is 16.7 Å². The van der Waals surface area contributed by atoms with Gasteiger partial charge in [0.15, 0.2) is 5.69 Å². The highest BCUT2D eigenvalue weighted by Gasteiger charge is 2.47. The molecule has 0 aliphatic rings. The minimum atomic E-state index is -4.35. The van der Waals surface area contributed by atoms with Gasteiger partial charge in [-0.3, -0.25) is 4.68 Å². The van der Waals surface area contributed by atoms with E-state index in [2.05, 4.69) is 5.10 Å². The highest BCUT2D eigenvalue weighted by Crippen LogP contribution is 2.40. The van der Waals surface area contributed by atoms with Crippen LogP contribution in [0.3, 0.4) is 0 Å². The van der Waals surface area contributed by atoms with Gasteiger partial charge in [0.1, 0.15) is 0 Å². The van der Waals surface area contributed by atoms with E-state index in [9.17, 15) is 23.2 Å². The Hall–Kier alpha value is -2.82. The second-order valence-electron chi connectivity index (χ2n) is 7.00. The number of aromatic nitrogens is 2. The molecule has 1 aromatic heterocycles. The number of benzene rings is 1. The van der Waals surface area contributed by atoms with E-state index < -0.39 is 17.6 Å². The molecule has 0 amide bonds. The average Bonchev–Trinajstić information content (AvgIpc) is 3.04. The summed E-state index contributed by atoms with van der Waals surface area (Å²) in [5.74, 6) is -0.571. The van der Waals surface area contributed by atoms with E-state index in [0.29, 0.717) is 23.4 Å². The fourth-order valence-corrected chi connectivity index (χ4v) is 2.81. The van der Waals surface area contributed by atoms with E-state index >= 15 is 0 Å². The zero-order chi connectivity index (χ0) is 21.1. The van der Waals surface area contributed by atoms with Crippen molar-refractivity contribution in [3.05, 3.63) is 41.1 Å². The molecule has 0 N–H and O–H groups in total. The molecule has 0 unspecified atom stereocenters. The van der Waals surface area contributed by atoms with Crippen LogP contribution in [0.1, 0.15) is 49.3 Å². The number of nitrogens with zero attached hydrogens (tertiary/aromatic N) is 3. The Balaban J connectivity index is 2.46. The fourth-order valence-electron chi connectivity index (χ4n) is 2.81. The molecule has 0 saturated carbocycles. The molecule has 0 radical (unpaired) electrons. The van der Waals surface area contributed by atoms with Crippen molar-refractivity contribution in [1.29, 1.82) is 5.26 Å². The molecule has 0 saturated heterocycles. The average molecular weight is 393 g/mol. The Morgan fingerprint density at radius 2 is 1.93 bits per heavy atom. The largest absolute Gasteiger partial charge is 0.461 e. The van der Waals surface area contributed by atoms with Gasteiger partial charge in [-0.15, -0.1) is 0 Å². The topological polar surface area (TPSA) is 67.9 Å². The van der Waals surface area contributed by atoms with Crippen LogP contribution in [-0.4, -0.2) is 28.5 Å². The van der Waals surface area contributed by atoms with Gasteiger partial charge in [0.2, 0.25) is 0 Å². The van der Waals surface area contributed by atoms with Gasteiger partial charge in [-0.2, -0.15) is 23.5 Å². The number of hydrogen-bond acceptors (Lipinski definition) is 4. The molecule has 0 atom stereocenters. The van der Waals surface area contributed by atoms with Crippen molar-refractivity contribution in [3.8, 4) is 17.3 Å². The maximum Gasteiger partial charge on any atom is 0.394 e. The molecule has 28 heavy (non-hydrogen) atoms. The smallest absolute Gasteiger partial charge is 0.394 e. The van der Waals surface area contributed by atoms with Gasteiger partial charge in [0.25, 0.3) is 0 Å². The van der Waals surface area contributed by atoms with Crippen molar-refractivity contribution in [2.45, 2.75) is 46.8 Å². The lowest BCUT2D eigenvalue weighted by Crippen LogP contribution is -2.34. The normalized spacial score (nSPS) is 11.9. The number of nitriles is 1. The standard InChI is InChI=1S/C20H22F3N3O2/c1-5-26-17(10-16(25-26)18(27)28-6-2)15-8-7-13(9-14(15)12-24)11-19(3,4)20(21,22)23/h7-10H,5-6,11H2,1-4H3. The number of rotatable bonds is 6. The predicted molar refractivity (Wildman–Crippen MR) is 97.5 cm³/mol. The molecule has 5 nitrogen and oxygen atoms in total. The Morgan fingerprint density at radius 1 is 1.25 bits per heavy atom. The number of alkyl halides is 3. The van der Waals surface area contributed by atoms with E-state index in [4.69, 9.17) is 4.74 Å². The number of hydrogen-bond donors (Lipinski definition) is 0. The Bertz CT molecular complexity index is 908. The molecule has 8 heteroatoms. The third kappa shape index (κ3) is 4.35. The summed E-state index contributed by atoms with van der Waals surface area (Å²) in [5, 5.41) is 13.7. The highest BCUT2D eigenvalue weighted by atomic mass is 19.4. The molecule has 0 fully saturated rings. The third-order valence-corrected chi connectivity index (χ3v) is 4.46. The van der Waals surface area contributed by atoms with Crippen LogP contribution in [0.4, 0.5) is 13.2 Å². The van der Waals surface area contributed by atoms with Crippen molar-refractivity contribution < 1.29 is 22.7 Å². The number of ether oxygens (including phenoxy) is 1. The number of halogens is 3. The van der Waals surface area contributed by atoms with Crippen molar-refractivity contribution in [3.63, 3.8) is 0 Å². The monoisotopic (exact) mass is 393 g/mol. The lowest BCUT2D eigenvalue weighted by atomic mass is 9.84. The first kappa shape index (κ1) is 21.5. The third-order valence-electron chi connectivity index (χ3n) is 4.46. The molecule has 0 spiro atoms. The summed E-state index contributed by atoms with van der Waals surface area (Å²) in [6.07, 6.45) is -4.60. The maximum absolute atomic E-state index is 13.2. The van der Waals surface area contributed by atoms with Crippen molar-refractivity contribution in [2.24, 2.45) is 5.41 Å². The summed E-state index contributed by atoms with van der Waals surface area (Å²) in [6.45, 7) is 6.43. The van der Waals surface area contributed by atoms with Gasteiger partial charge in [-0.1, -0.05) is 26.0 Å². The molecular weight excluding hydrogens is 371 g/mol. The Kier molecular flexibility index (Phi) is 6.17. The van der Waals surface area contributed by atoms with E-state index in [1.165, 1.54) is 12.1 Å². The van der Waals surface area contributed by atoms with Crippen molar-refractivity contribution in [2.75, 3.05) is 6.61 Å². The first-order valence-electron chi connectivity index (χ1n) is 8.89. The van der Waals surface area contributed by atoms with Crippen molar-refractivity contribution >= 4 is 5.97 Å². The van der Waals surface area contributed by atoms with Crippen LogP contribution in [0.5, 0.6) is 0 Å². The molecule has 2 aromatic rings. The fraction of sp³-hybridized carbons (Fsp3) is 0.450. The molecule has 2 rings (SSSR count). The van der Waals surface area contributed by atoms with Gasteiger partial charge in [-0.05, 0) is 38.0 Å². The zero-order valence-corrected chi connectivity index (χ0v) is 16.2. The van der Waals surface area contributed by atoms with Crippen LogP contribution >= 0.6 is 0 Å². The molecule has 0 aliphatic carbocycles. The second-order valence-corrected chi connectivity index (χ2v) is 7.00. The van der Waals surface area contributed by atoms with Gasteiger partial charge < -0.3 is 4.74 Å². The minimum absolute atomic E-state index is 0.116. The molecule has 1 aromatic carbocycles. The lowest BCUT2D eigenvalue weighted by Gasteiger charge is -2.27. The van der Waals surface area contributed by atoms with Gasteiger partial charge >= 0.3 is 12.1 Å². The number of esters is 1. The number of aryl methyl sites for hydroxylation is 1.